The first kappa shape index (κ1) is 16.7. The van der Waals surface area contributed by atoms with Crippen molar-refractivity contribution in [2.24, 2.45) is 0 Å². The molecule has 22 heavy (non-hydrogen) atoms. The highest BCUT2D eigenvalue weighted by Crippen LogP contribution is 2.30. The number of hydrogen-bond donors (Lipinski definition) is 1. The van der Waals surface area contributed by atoms with Crippen LogP contribution in [0.15, 0.2) is 18.2 Å². The minimum atomic E-state index is -0.931. The Morgan fingerprint density at radius 1 is 1.32 bits per heavy atom. The van der Waals surface area contributed by atoms with E-state index in [-0.39, 0.29) is 12.5 Å². The molecule has 1 aliphatic rings. The summed E-state index contributed by atoms with van der Waals surface area (Å²) in [6.45, 7) is 5.83. The fourth-order valence-electron chi connectivity index (χ4n) is 2.56. The van der Waals surface area contributed by atoms with Crippen LogP contribution in [0.5, 0.6) is 0 Å². The van der Waals surface area contributed by atoms with Crippen LogP contribution in [0, 0.1) is 11.6 Å². The number of ether oxygens (including phenoxy) is 1. The Balaban J connectivity index is 2.03. The molecular formula is C16H21F2NO3. The SMILES string of the molecule is CC(C)(C)OC(=O)N1CC[C@@H](c2ccc(F)c(F)c2)[C@@H](O)C1. The molecule has 1 heterocycles. The minimum absolute atomic E-state index is 0.110. The molecule has 1 amide bonds. The molecule has 0 bridgehead atoms. The van der Waals surface area contributed by atoms with Crippen LogP contribution >= 0.6 is 0 Å². The first-order valence-corrected chi connectivity index (χ1v) is 7.28. The maximum Gasteiger partial charge on any atom is 0.410 e. The first-order valence-electron chi connectivity index (χ1n) is 7.28. The molecule has 1 aromatic carbocycles. The molecule has 2 atom stereocenters. The Labute approximate surface area is 128 Å². The van der Waals surface area contributed by atoms with E-state index in [0.29, 0.717) is 18.5 Å². The fourth-order valence-corrected chi connectivity index (χ4v) is 2.56. The van der Waals surface area contributed by atoms with Crippen LogP contribution < -0.4 is 0 Å². The number of aliphatic hydroxyl groups excluding tert-OH is 1. The molecule has 0 spiro atoms. The van der Waals surface area contributed by atoms with Gasteiger partial charge in [-0.2, -0.15) is 0 Å². The number of β-amino-alcohol motifs (C(OH)–C–C–N with tert-alkyl or cyclic N) is 1. The van der Waals surface area contributed by atoms with E-state index in [0.717, 1.165) is 12.1 Å². The number of hydrogen-bond acceptors (Lipinski definition) is 3. The predicted octanol–water partition coefficient (Wildman–Crippen LogP) is 3.05. The molecule has 1 fully saturated rings. The lowest BCUT2D eigenvalue weighted by atomic mass is 9.87. The van der Waals surface area contributed by atoms with Gasteiger partial charge in [-0.25, -0.2) is 13.6 Å². The average Bonchev–Trinajstić information content (AvgIpc) is 2.40. The van der Waals surface area contributed by atoms with Crippen molar-refractivity contribution in [3.63, 3.8) is 0 Å². The Kier molecular flexibility index (Phi) is 4.70. The van der Waals surface area contributed by atoms with Gasteiger partial charge in [0.25, 0.3) is 0 Å². The first-order chi connectivity index (χ1) is 10.2. The summed E-state index contributed by atoms with van der Waals surface area (Å²) >= 11 is 0. The van der Waals surface area contributed by atoms with Crippen molar-refractivity contribution in [2.45, 2.75) is 44.8 Å². The molecule has 6 heteroatoms. The highest BCUT2D eigenvalue weighted by molar-refractivity contribution is 5.68. The number of carbonyl (C=O) groups excluding carboxylic acids is 1. The topological polar surface area (TPSA) is 49.8 Å². The smallest absolute Gasteiger partial charge is 0.410 e. The van der Waals surface area contributed by atoms with Crippen LogP contribution in [0.1, 0.15) is 38.7 Å². The van der Waals surface area contributed by atoms with Gasteiger partial charge in [-0.3, -0.25) is 0 Å². The zero-order chi connectivity index (χ0) is 16.5. The number of piperidine rings is 1. The van der Waals surface area contributed by atoms with E-state index >= 15 is 0 Å². The van der Waals surface area contributed by atoms with Crippen LogP contribution in [0.2, 0.25) is 0 Å². The normalized spacial score (nSPS) is 22.5. The highest BCUT2D eigenvalue weighted by Gasteiger charge is 2.33. The van der Waals surface area contributed by atoms with Crippen molar-refractivity contribution in [1.82, 2.24) is 4.90 Å². The molecular weight excluding hydrogens is 292 g/mol. The van der Waals surface area contributed by atoms with Crippen LogP contribution in [0.25, 0.3) is 0 Å². The van der Waals surface area contributed by atoms with Crippen molar-refractivity contribution in [1.29, 1.82) is 0 Å². The Morgan fingerprint density at radius 2 is 2.00 bits per heavy atom. The van der Waals surface area contributed by atoms with E-state index in [1.165, 1.54) is 11.0 Å². The Hall–Kier alpha value is -1.69. The van der Waals surface area contributed by atoms with E-state index in [1.54, 1.807) is 20.8 Å². The molecule has 1 saturated heterocycles. The third kappa shape index (κ3) is 3.94. The lowest BCUT2D eigenvalue weighted by Crippen LogP contribution is -2.47. The third-order valence-corrected chi connectivity index (χ3v) is 3.61. The quantitative estimate of drug-likeness (QED) is 0.867. The van der Waals surface area contributed by atoms with Crippen LogP contribution in [-0.2, 0) is 4.74 Å². The van der Waals surface area contributed by atoms with E-state index in [1.807, 2.05) is 0 Å². The summed E-state index contributed by atoms with van der Waals surface area (Å²) in [4.78, 5) is 13.4. The van der Waals surface area contributed by atoms with Crippen molar-refractivity contribution < 1.29 is 23.4 Å². The van der Waals surface area contributed by atoms with E-state index in [2.05, 4.69) is 0 Å². The van der Waals surface area contributed by atoms with Crippen molar-refractivity contribution in [2.75, 3.05) is 13.1 Å². The summed E-state index contributed by atoms with van der Waals surface area (Å²) in [6.07, 6.45) is -0.854. The van der Waals surface area contributed by atoms with Gasteiger partial charge in [0, 0.05) is 12.5 Å². The minimum Gasteiger partial charge on any atom is -0.444 e. The number of halogens is 2. The molecule has 4 nitrogen and oxygen atoms in total. The van der Waals surface area contributed by atoms with Gasteiger partial charge < -0.3 is 14.7 Å². The fraction of sp³-hybridized carbons (Fsp3) is 0.562. The second-order valence-corrected chi connectivity index (χ2v) is 6.56. The van der Waals surface area contributed by atoms with Crippen molar-refractivity contribution in [3.8, 4) is 0 Å². The summed E-state index contributed by atoms with van der Waals surface area (Å²) in [7, 11) is 0. The summed E-state index contributed by atoms with van der Waals surface area (Å²) in [5, 5.41) is 10.2. The lowest BCUT2D eigenvalue weighted by molar-refractivity contribution is -0.00155. The number of nitrogens with zero attached hydrogens (tertiary/aromatic N) is 1. The van der Waals surface area contributed by atoms with Gasteiger partial charge in [0.2, 0.25) is 0 Å². The Bertz CT molecular complexity index is 557. The summed E-state index contributed by atoms with van der Waals surface area (Å²) in [5.41, 5.74) is -0.0610. The standard InChI is InChI=1S/C16H21F2NO3/c1-16(2,3)22-15(21)19-7-6-11(14(20)9-19)10-4-5-12(17)13(18)8-10/h4-5,8,11,14,20H,6-7,9H2,1-3H3/t11-,14-/m0/s1. The highest BCUT2D eigenvalue weighted by atomic mass is 19.2. The van der Waals surface area contributed by atoms with E-state index < -0.39 is 29.4 Å². The maximum absolute atomic E-state index is 13.3. The van der Waals surface area contributed by atoms with Gasteiger partial charge in [0.05, 0.1) is 12.6 Å². The third-order valence-electron chi connectivity index (χ3n) is 3.61. The Morgan fingerprint density at radius 3 is 2.55 bits per heavy atom. The molecule has 2 rings (SSSR count). The molecule has 0 saturated carbocycles. The van der Waals surface area contributed by atoms with Gasteiger partial charge >= 0.3 is 6.09 Å². The summed E-state index contributed by atoms with van der Waals surface area (Å²) < 4.78 is 31.6. The molecule has 0 unspecified atom stereocenters. The van der Waals surface area contributed by atoms with Crippen molar-refractivity contribution in [3.05, 3.63) is 35.4 Å². The van der Waals surface area contributed by atoms with Crippen LogP contribution in [0.3, 0.4) is 0 Å². The number of amides is 1. The number of aliphatic hydroxyl groups is 1. The van der Waals surface area contributed by atoms with Gasteiger partial charge in [-0.1, -0.05) is 6.07 Å². The lowest BCUT2D eigenvalue weighted by Gasteiger charge is -2.36. The van der Waals surface area contributed by atoms with E-state index in [4.69, 9.17) is 4.74 Å². The summed E-state index contributed by atoms with van der Waals surface area (Å²) in [5.74, 6) is -2.17. The van der Waals surface area contributed by atoms with Gasteiger partial charge in [-0.15, -0.1) is 0 Å². The zero-order valence-electron chi connectivity index (χ0n) is 13.0. The largest absolute Gasteiger partial charge is 0.444 e. The number of rotatable bonds is 1. The van der Waals surface area contributed by atoms with E-state index in [9.17, 15) is 18.7 Å². The molecule has 122 valence electrons. The second kappa shape index (κ2) is 6.20. The zero-order valence-corrected chi connectivity index (χ0v) is 13.0. The van der Waals surface area contributed by atoms with Gasteiger partial charge in [0.15, 0.2) is 11.6 Å². The average molecular weight is 313 g/mol. The van der Waals surface area contributed by atoms with Gasteiger partial charge in [-0.05, 0) is 44.9 Å². The molecule has 0 radical (unpaired) electrons. The molecule has 1 N–H and O–H groups in total. The molecule has 0 aromatic heterocycles. The predicted molar refractivity (Wildman–Crippen MR) is 77.5 cm³/mol. The van der Waals surface area contributed by atoms with Gasteiger partial charge in [0.1, 0.15) is 5.60 Å². The number of benzene rings is 1. The maximum atomic E-state index is 13.3. The number of likely N-dealkylation sites (tertiary alicyclic amines) is 1. The molecule has 0 aliphatic carbocycles. The monoisotopic (exact) mass is 313 g/mol. The molecule has 1 aromatic rings. The number of carbonyl (C=O) groups is 1. The van der Waals surface area contributed by atoms with Crippen LogP contribution in [0.4, 0.5) is 13.6 Å². The molecule has 1 aliphatic heterocycles. The second-order valence-electron chi connectivity index (χ2n) is 6.56. The van der Waals surface area contributed by atoms with Crippen LogP contribution in [-0.4, -0.2) is 40.9 Å². The van der Waals surface area contributed by atoms with Crippen molar-refractivity contribution >= 4 is 6.09 Å². The summed E-state index contributed by atoms with van der Waals surface area (Å²) in [6, 6.07) is 3.62.